The first kappa shape index (κ1) is 13.2. The maximum atomic E-state index is 6.26. The van der Waals surface area contributed by atoms with E-state index >= 15 is 0 Å². The molecule has 16 heavy (non-hydrogen) atoms. The molecule has 2 heteroatoms. The summed E-state index contributed by atoms with van der Waals surface area (Å²) in [5.74, 6) is 0. The van der Waals surface area contributed by atoms with Crippen LogP contribution in [0.3, 0.4) is 0 Å². The summed E-state index contributed by atoms with van der Waals surface area (Å²) < 4.78 is 0. The van der Waals surface area contributed by atoms with Crippen LogP contribution in [0, 0.1) is 13.8 Å². The monoisotopic (exact) mass is 220 g/mol. The largest absolute Gasteiger partial charge is 0.323 e. The normalized spacial score (nSPS) is 13.1. The van der Waals surface area contributed by atoms with Gasteiger partial charge in [0.05, 0.1) is 0 Å². The van der Waals surface area contributed by atoms with Gasteiger partial charge in [-0.3, -0.25) is 0 Å². The molecule has 0 radical (unpaired) electrons. The van der Waals surface area contributed by atoms with Gasteiger partial charge in [0.15, 0.2) is 0 Å². The molecule has 0 saturated carbocycles. The number of nitrogens with zero attached hydrogens (tertiary/aromatic N) is 1. The van der Waals surface area contributed by atoms with Crippen LogP contribution in [0.15, 0.2) is 18.2 Å². The first-order valence-electron chi connectivity index (χ1n) is 6.13. The molecule has 1 atom stereocenters. The lowest BCUT2D eigenvalue weighted by atomic mass is 9.99. The number of nitrogens with two attached hydrogens (primary N) is 1. The summed E-state index contributed by atoms with van der Waals surface area (Å²) in [5, 5.41) is 0. The van der Waals surface area contributed by atoms with Crippen LogP contribution in [0.25, 0.3) is 0 Å². The van der Waals surface area contributed by atoms with E-state index in [-0.39, 0.29) is 6.04 Å². The molecule has 0 aliphatic rings. The minimum absolute atomic E-state index is 0.125. The minimum Gasteiger partial charge on any atom is -0.323 e. The van der Waals surface area contributed by atoms with Gasteiger partial charge in [-0.25, -0.2) is 0 Å². The molecule has 1 aromatic rings. The first-order valence-corrected chi connectivity index (χ1v) is 6.13. The van der Waals surface area contributed by atoms with Crippen LogP contribution >= 0.6 is 0 Å². The second kappa shape index (κ2) is 6.02. The fourth-order valence-corrected chi connectivity index (χ4v) is 2.10. The van der Waals surface area contributed by atoms with Crippen molar-refractivity contribution >= 4 is 0 Å². The van der Waals surface area contributed by atoms with E-state index in [1.807, 2.05) is 0 Å². The number of aryl methyl sites for hydroxylation is 2. The van der Waals surface area contributed by atoms with Gasteiger partial charge >= 0.3 is 0 Å². The number of likely N-dealkylation sites (N-methyl/N-ethyl adjacent to an activating group) is 1. The van der Waals surface area contributed by atoms with E-state index in [2.05, 4.69) is 50.8 Å². The van der Waals surface area contributed by atoms with Crippen LogP contribution in [-0.4, -0.2) is 24.5 Å². The number of benzene rings is 1. The lowest BCUT2D eigenvalue weighted by Gasteiger charge is -2.24. The van der Waals surface area contributed by atoms with Crippen LogP contribution in [0.4, 0.5) is 0 Å². The van der Waals surface area contributed by atoms with Gasteiger partial charge in [-0.05, 0) is 38.1 Å². The summed E-state index contributed by atoms with van der Waals surface area (Å²) in [7, 11) is 0. The van der Waals surface area contributed by atoms with E-state index in [1.165, 1.54) is 16.7 Å². The van der Waals surface area contributed by atoms with E-state index in [0.29, 0.717) is 0 Å². The zero-order chi connectivity index (χ0) is 12.1. The highest BCUT2D eigenvalue weighted by Crippen LogP contribution is 2.18. The van der Waals surface area contributed by atoms with E-state index in [4.69, 9.17) is 5.73 Å². The Kier molecular flexibility index (Phi) is 4.97. The molecule has 0 amide bonds. The Balaban J connectivity index is 2.76. The molecule has 0 aliphatic carbocycles. The average molecular weight is 220 g/mol. The fraction of sp³-hybridized carbons (Fsp3) is 0.571. The Bertz CT molecular complexity index is 330. The molecule has 0 bridgehead atoms. The van der Waals surface area contributed by atoms with Gasteiger partial charge in [0, 0.05) is 12.6 Å². The lowest BCUT2D eigenvalue weighted by Crippen LogP contribution is -2.32. The SMILES string of the molecule is CCN(CC)CC(N)c1ccc(C)cc1C. The first-order chi connectivity index (χ1) is 7.58. The lowest BCUT2D eigenvalue weighted by molar-refractivity contribution is 0.284. The van der Waals surface area contributed by atoms with E-state index in [0.717, 1.165) is 19.6 Å². The Hall–Kier alpha value is -0.860. The summed E-state index contributed by atoms with van der Waals surface area (Å²) in [6.45, 7) is 11.7. The summed E-state index contributed by atoms with van der Waals surface area (Å²) in [6.07, 6.45) is 0. The molecule has 1 rings (SSSR count). The Morgan fingerprint density at radius 2 is 1.81 bits per heavy atom. The molecule has 90 valence electrons. The summed E-state index contributed by atoms with van der Waals surface area (Å²) in [4.78, 5) is 2.37. The molecule has 1 aromatic carbocycles. The van der Waals surface area contributed by atoms with E-state index < -0.39 is 0 Å². The molecule has 0 aliphatic heterocycles. The van der Waals surface area contributed by atoms with Crippen LogP contribution in [-0.2, 0) is 0 Å². The maximum Gasteiger partial charge on any atom is 0.0426 e. The number of hydrogen-bond donors (Lipinski definition) is 1. The summed E-state index contributed by atoms with van der Waals surface area (Å²) in [6, 6.07) is 6.64. The third kappa shape index (κ3) is 3.32. The summed E-state index contributed by atoms with van der Waals surface area (Å²) in [5.41, 5.74) is 10.1. The van der Waals surface area contributed by atoms with Crippen molar-refractivity contribution in [3.8, 4) is 0 Å². The van der Waals surface area contributed by atoms with Crippen molar-refractivity contribution in [1.29, 1.82) is 0 Å². The van der Waals surface area contributed by atoms with Crippen molar-refractivity contribution in [1.82, 2.24) is 4.90 Å². The van der Waals surface area contributed by atoms with Gasteiger partial charge in [0.25, 0.3) is 0 Å². The highest BCUT2D eigenvalue weighted by molar-refractivity contribution is 5.32. The minimum atomic E-state index is 0.125. The van der Waals surface area contributed by atoms with Crippen molar-refractivity contribution in [3.05, 3.63) is 34.9 Å². The molecule has 0 heterocycles. The smallest absolute Gasteiger partial charge is 0.0426 e. The van der Waals surface area contributed by atoms with Crippen LogP contribution in [0.5, 0.6) is 0 Å². The zero-order valence-corrected chi connectivity index (χ0v) is 11.0. The maximum absolute atomic E-state index is 6.26. The molecule has 0 spiro atoms. The third-order valence-electron chi connectivity index (χ3n) is 3.17. The van der Waals surface area contributed by atoms with Crippen LogP contribution < -0.4 is 5.73 Å². The van der Waals surface area contributed by atoms with E-state index in [9.17, 15) is 0 Å². The zero-order valence-electron chi connectivity index (χ0n) is 11.0. The molecule has 2 nitrogen and oxygen atoms in total. The molecule has 0 fully saturated rings. The standard InChI is InChI=1S/C14H24N2/c1-5-16(6-2)10-14(15)13-8-7-11(3)9-12(13)4/h7-9,14H,5-6,10,15H2,1-4H3. The van der Waals surface area contributed by atoms with Crippen LogP contribution in [0.1, 0.15) is 36.6 Å². The predicted octanol–water partition coefficient (Wildman–Crippen LogP) is 2.65. The van der Waals surface area contributed by atoms with Gasteiger partial charge in [0.1, 0.15) is 0 Å². The molecule has 0 saturated heterocycles. The van der Waals surface area contributed by atoms with Crippen molar-refractivity contribution in [2.75, 3.05) is 19.6 Å². The van der Waals surface area contributed by atoms with Gasteiger partial charge in [-0.15, -0.1) is 0 Å². The molecule has 2 N–H and O–H groups in total. The average Bonchev–Trinajstić information content (AvgIpc) is 2.25. The molecular weight excluding hydrogens is 196 g/mol. The highest BCUT2D eigenvalue weighted by Gasteiger charge is 2.11. The molecular formula is C14H24N2. The second-order valence-electron chi connectivity index (χ2n) is 4.45. The van der Waals surface area contributed by atoms with Gasteiger partial charge in [-0.1, -0.05) is 37.6 Å². The fourth-order valence-electron chi connectivity index (χ4n) is 2.10. The van der Waals surface area contributed by atoms with Crippen LogP contribution in [0.2, 0.25) is 0 Å². The van der Waals surface area contributed by atoms with Gasteiger partial charge in [0.2, 0.25) is 0 Å². The molecule has 1 unspecified atom stereocenters. The summed E-state index contributed by atoms with van der Waals surface area (Å²) >= 11 is 0. The van der Waals surface area contributed by atoms with E-state index in [1.54, 1.807) is 0 Å². The number of rotatable bonds is 5. The van der Waals surface area contributed by atoms with Crippen molar-refractivity contribution < 1.29 is 0 Å². The third-order valence-corrected chi connectivity index (χ3v) is 3.17. The molecule has 0 aromatic heterocycles. The Labute approximate surface area is 99.5 Å². The predicted molar refractivity (Wildman–Crippen MR) is 70.6 cm³/mol. The Morgan fingerprint density at radius 1 is 1.19 bits per heavy atom. The number of hydrogen-bond acceptors (Lipinski definition) is 2. The van der Waals surface area contributed by atoms with Gasteiger partial charge in [-0.2, -0.15) is 0 Å². The van der Waals surface area contributed by atoms with Crippen molar-refractivity contribution in [3.63, 3.8) is 0 Å². The van der Waals surface area contributed by atoms with Crippen molar-refractivity contribution in [2.24, 2.45) is 5.73 Å². The highest BCUT2D eigenvalue weighted by atomic mass is 15.1. The second-order valence-corrected chi connectivity index (χ2v) is 4.45. The van der Waals surface area contributed by atoms with Gasteiger partial charge < -0.3 is 10.6 Å². The Morgan fingerprint density at radius 3 is 2.31 bits per heavy atom. The topological polar surface area (TPSA) is 29.3 Å². The quantitative estimate of drug-likeness (QED) is 0.826. The van der Waals surface area contributed by atoms with Crippen molar-refractivity contribution in [2.45, 2.75) is 33.7 Å².